The zero-order chi connectivity index (χ0) is 6.62. The first-order valence-electron chi connectivity index (χ1n) is 1.67. The highest BCUT2D eigenvalue weighted by atomic mass is 79.9. The van der Waals surface area contributed by atoms with Crippen molar-refractivity contribution in [3.63, 3.8) is 0 Å². The van der Waals surface area contributed by atoms with Crippen molar-refractivity contribution in [2.75, 3.05) is 5.33 Å². The molecule has 0 rings (SSSR count). The fourth-order valence-electron chi connectivity index (χ4n) is 0.102. The van der Waals surface area contributed by atoms with Crippen LogP contribution < -0.4 is 0 Å². The monoisotopic (exact) mass is 308 g/mol. The van der Waals surface area contributed by atoms with Crippen LogP contribution in [0.15, 0.2) is 0 Å². The second kappa shape index (κ2) is 3.85. The highest BCUT2D eigenvalue weighted by Crippen LogP contribution is 2.28. The molecule has 5 heteroatoms. The molecule has 0 saturated heterocycles. The summed E-state index contributed by atoms with van der Waals surface area (Å²) in [5.74, 6) is 0. The molecule has 2 nitrogen and oxygen atoms in total. The minimum absolute atomic E-state index is 0.366. The van der Waals surface area contributed by atoms with Gasteiger partial charge in [0, 0.05) is 0 Å². The highest BCUT2D eigenvalue weighted by molar-refractivity contribution is 9.26. The van der Waals surface area contributed by atoms with Crippen LogP contribution in [-0.4, -0.2) is 15.2 Å². The van der Waals surface area contributed by atoms with Crippen LogP contribution in [0.5, 0.6) is 0 Å². The number of hydrogen-bond donors (Lipinski definition) is 0. The van der Waals surface area contributed by atoms with Crippen molar-refractivity contribution in [1.82, 2.24) is 0 Å². The summed E-state index contributed by atoms with van der Waals surface area (Å²) in [6.45, 7) is 0.366. The largest absolute Gasteiger partial charge is 0.438 e. The highest BCUT2D eigenvalue weighted by Gasteiger charge is 2.21. The molecule has 48 valence electrons. The molecule has 0 saturated carbocycles. The molecule has 0 heterocycles. The fraction of sp³-hybridized carbons (Fsp3) is 0.667. The number of halogens is 3. The molecule has 0 aliphatic carbocycles. The lowest BCUT2D eigenvalue weighted by Crippen LogP contribution is -2.16. The first kappa shape index (κ1) is 8.91. The van der Waals surface area contributed by atoms with Gasteiger partial charge < -0.3 is 4.74 Å². The molecule has 0 atom stereocenters. The van der Waals surface area contributed by atoms with Gasteiger partial charge in [0.05, 0.1) is 5.33 Å². The molecule has 0 aliphatic rings. The van der Waals surface area contributed by atoms with E-state index in [-0.39, 0.29) is 0 Å². The van der Waals surface area contributed by atoms with Crippen LogP contribution in [0.4, 0.5) is 0 Å². The summed E-state index contributed by atoms with van der Waals surface area (Å²) < 4.78 is 3.75. The first-order chi connectivity index (χ1) is 3.62. The molecule has 0 bridgehead atoms. The summed E-state index contributed by atoms with van der Waals surface area (Å²) in [5.41, 5.74) is 0. The van der Waals surface area contributed by atoms with E-state index in [1.165, 1.54) is 0 Å². The number of carbonyl (C=O) groups is 1. The lowest BCUT2D eigenvalue weighted by atomic mass is 10.9. The molecule has 0 fully saturated rings. The van der Waals surface area contributed by atoms with E-state index in [1.54, 1.807) is 0 Å². The normalized spacial score (nSPS) is 10.9. The average Bonchev–Trinajstić information content (AvgIpc) is 1.67. The maximum atomic E-state index is 9.68. The fourth-order valence-corrected chi connectivity index (χ4v) is 0.387. The van der Waals surface area contributed by atoms with Gasteiger partial charge in [0.1, 0.15) is 0 Å². The zero-order valence-corrected chi connectivity index (χ0v) is 8.49. The molecule has 0 aromatic carbocycles. The summed E-state index contributed by atoms with van der Waals surface area (Å²) in [4.78, 5) is 9.68. The van der Waals surface area contributed by atoms with Crippen molar-refractivity contribution < 1.29 is 9.53 Å². The average molecular weight is 311 g/mol. The topological polar surface area (TPSA) is 26.3 Å². The number of carbonyl (C=O) groups excluding carboxylic acids is 1. The van der Waals surface area contributed by atoms with Crippen LogP contribution in [0.2, 0.25) is 0 Å². The summed E-state index contributed by atoms with van der Waals surface area (Å²) in [6.07, 6.45) is 0. The van der Waals surface area contributed by atoms with Crippen LogP contribution >= 0.6 is 47.8 Å². The molecular formula is C3H3Br3O2. The Kier molecular flexibility index (Phi) is 4.28. The van der Waals surface area contributed by atoms with Crippen molar-refractivity contribution >= 4 is 54.3 Å². The molecule has 0 aromatic rings. The maximum Gasteiger partial charge on any atom is 0.295 e. The molecule has 0 amide bonds. The minimum Gasteiger partial charge on any atom is -0.438 e. The molecule has 0 aromatic heterocycles. The van der Waals surface area contributed by atoms with Gasteiger partial charge in [-0.3, -0.25) is 4.79 Å². The van der Waals surface area contributed by atoms with Crippen LogP contribution in [-0.2, 0) is 9.53 Å². The molecule has 0 spiro atoms. The van der Waals surface area contributed by atoms with E-state index in [1.807, 2.05) is 0 Å². The van der Waals surface area contributed by atoms with E-state index in [9.17, 15) is 4.79 Å². The van der Waals surface area contributed by atoms with E-state index in [4.69, 9.17) is 0 Å². The van der Waals surface area contributed by atoms with Crippen LogP contribution in [0.25, 0.3) is 0 Å². The van der Waals surface area contributed by atoms with Gasteiger partial charge in [-0.2, -0.15) is 0 Å². The van der Waals surface area contributed by atoms with E-state index in [0.717, 1.165) is 0 Å². The van der Waals surface area contributed by atoms with Crippen LogP contribution in [0.1, 0.15) is 0 Å². The summed E-state index contributed by atoms with van der Waals surface area (Å²) in [6, 6.07) is 0. The van der Waals surface area contributed by atoms with Crippen molar-refractivity contribution in [3.8, 4) is 0 Å². The van der Waals surface area contributed by atoms with Crippen molar-refractivity contribution in [1.29, 1.82) is 0 Å². The van der Waals surface area contributed by atoms with E-state index >= 15 is 0 Å². The number of rotatable bonds is 3. The lowest BCUT2D eigenvalue weighted by molar-refractivity contribution is -0.130. The summed E-state index contributed by atoms with van der Waals surface area (Å²) in [5, 5.41) is 0.499. The Morgan fingerprint density at radius 2 is 2.12 bits per heavy atom. The molecular weight excluding hydrogens is 308 g/mol. The Morgan fingerprint density at radius 3 is 2.25 bits per heavy atom. The quantitative estimate of drug-likeness (QED) is 0.589. The number of alkyl halides is 3. The third kappa shape index (κ3) is 3.86. The van der Waals surface area contributed by atoms with Gasteiger partial charge in [0.25, 0.3) is 6.47 Å². The summed E-state index contributed by atoms with van der Waals surface area (Å²) >= 11 is 9.21. The van der Waals surface area contributed by atoms with Gasteiger partial charge in [-0.25, -0.2) is 0 Å². The number of hydrogen-bond acceptors (Lipinski definition) is 2. The second-order valence-electron chi connectivity index (χ2n) is 0.985. The van der Waals surface area contributed by atoms with E-state index in [0.29, 0.717) is 11.8 Å². The Morgan fingerprint density at radius 1 is 1.62 bits per heavy atom. The van der Waals surface area contributed by atoms with E-state index < -0.39 is 3.42 Å². The minimum atomic E-state index is -0.734. The van der Waals surface area contributed by atoms with Gasteiger partial charge in [0.2, 0.25) is 3.42 Å². The number of ether oxygens (including phenoxy) is 1. The smallest absolute Gasteiger partial charge is 0.295 e. The predicted octanol–water partition coefficient (Wildman–Crippen LogP) is 2.00. The Labute approximate surface area is 72.3 Å². The lowest BCUT2D eigenvalue weighted by Gasteiger charge is -2.13. The van der Waals surface area contributed by atoms with Gasteiger partial charge >= 0.3 is 0 Å². The zero-order valence-electron chi connectivity index (χ0n) is 3.73. The molecule has 0 radical (unpaired) electrons. The Hall–Kier alpha value is 0.910. The second-order valence-corrected chi connectivity index (χ2v) is 5.17. The van der Waals surface area contributed by atoms with Crippen LogP contribution in [0.3, 0.4) is 0 Å². The Bertz CT molecular complexity index is 82.6. The standard InChI is InChI=1S/C3H3Br3O2/c4-1-3(5,6)8-2-7/h2H,1H2. The first-order valence-corrected chi connectivity index (χ1v) is 4.38. The third-order valence-electron chi connectivity index (χ3n) is 0.376. The van der Waals surface area contributed by atoms with E-state index in [2.05, 4.69) is 52.5 Å². The van der Waals surface area contributed by atoms with Crippen molar-refractivity contribution in [2.24, 2.45) is 0 Å². The van der Waals surface area contributed by atoms with Gasteiger partial charge in [-0.15, -0.1) is 0 Å². The van der Waals surface area contributed by atoms with Crippen molar-refractivity contribution in [3.05, 3.63) is 0 Å². The molecule has 0 aliphatic heterocycles. The van der Waals surface area contributed by atoms with Gasteiger partial charge in [-0.1, -0.05) is 15.9 Å². The SMILES string of the molecule is O=COC(Br)(Br)CBr. The molecule has 0 N–H and O–H groups in total. The third-order valence-corrected chi connectivity index (χ3v) is 3.61. The van der Waals surface area contributed by atoms with Gasteiger partial charge in [0.15, 0.2) is 0 Å². The van der Waals surface area contributed by atoms with Crippen LogP contribution in [0, 0.1) is 0 Å². The predicted molar refractivity (Wildman–Crippen MR) is 41.5 cm³/mol. The van der Waals surface area contributed by atoms with Gasteiger partial charge in [-0.05, 0) is 31.9 Å². The maximum absolute atomic E-state index is 9.68. The van der Waals surface area contributed by atoms with Crippen molar-refractivity contribution in [2.45, 2.75) is 3.42 Å². The molecule has 0 unspecified atom stereocenters. The molecule has 8 heavy (non-hydrogen) atoms. The Balaban J connectivity index is 3.53. The summed E-state index contributed by atoms with van der Waals surface area (Å²) in [7, 11) is 0.